The molecule has 0 spiro atoms. The predicted molar refractivity (Wildman–Crippen MR) is 89.6 cm³/mol. The van der Waals surface area contributed by atoms with E-state index in [4.69, 9.17) is 4.74 Å². The molecule has 0 saturated carbocycles. The molecule has 0 unspecified atom stereocenters. The van der Waals surface area contributed by atoms with Gasteiger partial charge in [0.1, 0.15) is 18.1 Å². The molecule has 1 atom stereocenters. The molecule has 0 radical (unpaired) electrons. The van der Waals surface area contributed by atoms with Crippen LogP contribution in [-0.4, -0.2) is 48.7 Å². The molecule has 126 valence electrons. The average molecular weight is 326 g/mol. The van der Waals surface area contributed by atoms with Gasteiger partial charge in [0.25, 0.3) is 0 Å². The summed E-state index contributed by atoms with van der Waals surface area (Å²) in [5.41, 5.74) is 3.43. The third kappa shape index (κ3) is 2.81. The Hall–Kier alpha value is -2.25. The van der Waals surface area contributed by atoms with Gasteiger partial charge in [-0.1, -0.05) is 6.07 Å². The van der Waals surface area contributed by atoms with E-state index < -0.39 is 0 Å². The van der Waals surface area contributed by atoms with E-state index in [-0.39, 0.29) is 6.10 Å². The second kappa shape index (κ2) is 6.33. The van der Waals surface area contributed by atoms with Gasteiger partial charge in [-0.15, -0.1) is 10.2 Å². The zero-order valence-electron chi connectivity index (χ0n) is 14.1. The van der Waals surface area contributed by atoms with Crippen LogP contribution in [0.15, 0.2) is 30.9 Å². The number of fused-ring (bicyclic) bond motifs is 1. The molecule has 7 heteroatoms. The molecule has 1 aliphatic rings. The van der Waals surface area contributed by atoms with Gasteiger partial charge in [-0.05, 0) is 25.5 Å². The lowest BCUT2D eigenvalue weighted by atomic mass is 10.2. The number of pyridine rings is 1. The molecule has 0 aliphatic carbocycles. The van der Waals surface area contributed by atoms with Gasteiger partial charge in [-0.2, -0.15) is 0 Å². The van der Waals surface area contributed by atoms with Gasteiger partial charge in [-0.3, -0.25) is 4.90 Å². The highest BCUT2D eigenvalue weighted by Gasteiger charge is 2.26. The van der Waals surface area contributed by atoms with Crippen molar-refractivity contribution in [1.29, 1.82) is 0 Å². The van der Waals surface area contributed by atoms with Crippen LogP contribution in [0.3, 0.4) is 0 Å². The summed E-state index contributed by atoms with van der Waals surface area (Å²) in [6.45, 7) is 8.34. The lowest BCUT2D eigenvalue weighted by molar-refractivity contribution is -0.0392. The minimum Gasteiger partial charge on any atom is -0.368 e. The van der Waals surface area contributed by atoms with Gasteiger partial charge in [0.05, 0.1) is 18.5 Å². The summed E-state index contributed by atoms with van der Waals surface area (Å²) < 4.78 is 10.2. The number of hydrogen-bond donors (Lipinski definition) is 0. The normalized spacial score (nSPS) is 19.2. The number of aromatic nitrogens is 5. The van der Waals surface area contributed by atoms with Crippen LogP contribution in [0.1, 0.15) is 30.1 Å². The first kappa shape index (κ1) is 15.3. The lowest BCUT2D eigenvalue weighted by Gasteiger charge is -2.32. The van der Waals surface area contributed by atoms with Crippen LogP contribution in [0, 0.1) is 6.92 Å². The number of aryl methyl sites for hydroxylation is 2. The van der Waals surface area contributed by atoms with E-state index >= 15 is 0 Å². The van der Waals surface area contributed by atoms with Crippen molar-refractivity contribution in [3.8, 4) is 0 Å². The fourth-order valence-corrected chi connectivity index (χ4v) is 3.24. The summed E-state index contributed by atoms with van der Waals surface area (Å²) in [6.07, 6.45) is 5.85. The first-order chi connectivity index (χ1) is 11.7. The molecule has 3 aromatic rings. The van der Waals surface area contributed by atoms with Gasteiger partial charge in [-0.25, -0.2) is 4.98 Å². The number of imidazole rings is 1. The Morgan fingerprint density at radius 3 is 3.12 bits per heavy atom. The number of hydrogen-bond acceptors (Lipinski definition) is 5. The highest BCUT2D eigenvalue weighted by Crippen LogP contribution is 2.22. The molecule has 1 fully saturated rings. The Balaban J connectivity index is 1.53. The first-order valence-corrected chi connectivity index (χ1v) is 8.39. The molecule has 1 aliphatic heterocycles. The molecule has 0 N–H and O–H groups in total. The second-order valence-corrected chi connectivity index (χ2v) is 6.25. The van der Waals surface area contributed by atoms with Crippen molar-refractivity contribution >= 4 is 5.65 Å². The van der Waals surface area contributed by atoms with E-state index in [1.807, 2.05) is 10.8 Å². The molecule has 0 bridgehead atoms. The van der Waals surface area contributed by atoms with Crippen molar-refractivity contribution in [2.45, 2.75) is 33.0 Å². The smallest absolute Gasteiger partial charge is 0.163 e. The standard InChI is InChI=1S/C17H22N6O/c1-3-22-12-19-20-17(22)15-11-21(6-7-24-15)10-14-8-18-16-5-4-13(2)9-23(14)16/h4-5,8-9,12,15H,3,6-7,10-11H2,1-2H3/t15-/m1/s1. The van der Waals surface area contributed by atoms with Crippen LogP contribution in [0.4, 0.5) is 0 Å². The van der Waals surface area contributed by atoms with Gasteiger partial charge >= 0.3 is 0 Å². The lowest BCUT2D eigenvalue weighted by Crippen LogP contribution is -2.39. The van der Waals surface area contributed by atoms with Crippen LogP contribution < -0.4 is 0 Å². The topological polar surface area (TPSA) is 60.5 Å². The van der Waals surface area contributed by atoms with Crippen LogP contribution in [0.25, 0.3) is 5.65 Å². The summed E-state index contributed by atoms with van der Waals surface area (Å²) >= 11 is 0. The van der Waals surface area contributed by atoms with Gasteiger partial charge in [0.15, 0.2) is 5.82 Å². The molecule has 3 aromatic heterocycles. The van der Waals surface area contributed by atoms with E-state index in [0.717, 1.165) is 37.7 Å². The zero-order chi connectivity index (χ0) is 16.5. The fourth-order valence-electron chi connectivity index (χ4n) is 3.24. The van der Waals surface area contributed by atoms with Crippen molar-refractivity contribution in [3.63, 3.8) is 0 Å². The molecule has 24 heavy (non-hydrogen) atoms. The summed E-state index contributed by atoms with van der Waals surface area (Å²) in [6, 6.07) is 4.15. The van der Waals surface area contributed by atoms with Gasteiger partial charge in [0.2, 0.25) is 0 Å². The van der Waals surface area contributed by atoms with E-state index in [9.17, 15) is 0 Å². The highest BCUT2D eigenvalue weighted by molar-refractivity contribution is 5.41. The van der Waals surface area contributed by atoms with Gasteiger partial charge < -0.3 is 13.7 Å². The SMILES string of the molecule is CCn1cnnc1[C@H]1CN(Cc2cnc3ccc(C)cn23)CCO1. The van der Waals surface area contributed by atoms with Crippen molar-refractivity contribution in [1.82, 2.24) is 29.0 Å². The Bertz CT molecular complexity index is 839. The van der Waals surface area contributed by atoms with E-state index in [1.165, 1.54) is 11.3 Å². The van der Waals surface area contributed by atoms with Crippen molar-refractivity contribution < 1.29 is 4.74 Å². The van der Waals surface area contributed by atoms with Crippen molar-refractivity contribution in [2.75, 3.05) is 19.7 Å². The number of ether oxygens (including phenoxy) is 1. The van der Waals surface area contributed by atoms with E-state index in [0.29, 0.717) is 6.61 Å². The number of morpholine rings is 1. The summed E-state index contributed by atoms with van der Waals surface area (Å²) in [4.78, 5) is 6.90. The molecule has 4 heterocycles. The molecule has 7 nitrogen and oxygen atoms in total. The van der Waals surface area contributed by atoms with E-state index in [1.54, 1.807) is 6.33 Å². The van der Waals surface area contributed by atoms with Crippen molar-refractivity contribution in [2.24, 2.45) is 0 Å². The van der Waals surface area contributed by atoms with E-state index in [2.05, 4.69) is 56.7 Å². The summed E-state index contributed by atoms with van der Waals surface area (Å²) in [5, 5.41) is 8.27. The largest absolute Gasteiger partial charge is 0.368 e. The number of nitrogens with zero attached hydrogens (tertiary/aromatic N) is 6. The molecule has 0 aromatic carbocycles. The molecular weight excluding hydrogens is 304 g/mol. The summed E-state index contributed by atoms with van der Waals surface area (Å²) in [5.74, 6) is 0.913. The fraction of sp³-hybridized carbons (Fsp3) is 0.471. The average Bonchev–Trinajstić information content (AvgIpc) is 3.22. The highest BCUT2D eigenvalue weighted by atomic mass is 16.5. The Labute approximate surface area is 140 Å². The maximum absolute atomic E-state index is 5.93. The maximum atomic E-state index is 5.93. The Kier molecular flexibility index (Phi) is 4.03. The minimum absolute atomic E-state index is 0.0258. The zero-order valence-corrected chi connectivity index (χ0v) is 14.1. The molecule has 4 rings (SSSR count). The maximum Gasteiger partial charge on any atom is 0.163 e. The molecular formula is C17H22N6O. The summed E-state index contributed by atoms with van der Waals surface area (Å²) in [7, 11) is 0. The molecule has 0 amide bonds. The molecule has 1 saturated heterocycles. The Morgan fingerprint density at radius 2 is 2.25 bits per heavy atom. The number of rotatable bonds is 4. The van der Waals surface area contributed by atoms with Crippen LogP contribution in [-0.2, 0) is 17.8 Å². The van der Waals surface area contributed by atoms with Crippen LogP contribution in [0.2, 0.25) is 0 Å². The second-order valence-electron chi connectivity index (χ2n) is 6.25. The van der Waals surface area contributed by atoms with Crippen molar-refractivity contribution in [3.05, 3.63) is 47.9 Å². The van der Waals surface area contributed by atoms with Crippen LogP contribution >= 0.6 is 0 Å². The monoisotopic (exact) mass is 326 g/mol. The van der Waals surface area contributed by atoms with Crippen LogP contribution in [0.5, 0.6) is 0 Å². The van der Waals surface area contributed by atoms with Gasteiger partial charge in [0, 0.05) is 32.4 Å². The third-order valence-electron chi connectivity index (χ3n) is 4.54. The third-order valence-corrected chi connectivity index (χ3v) is 4.54. The minimum atomic E-state index is -0.0258. The predicted octanol–water partition coefficient (Wildman–Crippen LogP) is 1.83. The Morgan fingerprint density at radius 1 is 1.33 bits per heavy atom. The first-order valence-electron chi connectivity index (χ1n) is 8.39. The quantitative estimate of drug-likeness (QED) is 0.732.